The number of aromatic nitrogens is 2. The highest BCUT2D eigenvalue weighted by Crippen LogP contribution is 2.35. The molecule has 0 unspecified atom stereocenters. The monoisotopic (exact) mass is 340 g/mol. The third-order valence-electron chi connectivity index (χ3n) is 5.24. The molecule has 0 radical (unpaired) electrons. The van der Waals surface area contributed by atoms with Gasteiger partial charge in [-0.25, -0.2) is 0 Å². The van der Waals surface area contributed by atoms with Crippen LogP contribution < -0.4 is 15.0 Å². The Morgan fingerprint density at radius 3 is 2.88 bits per heavy atom. The van der Waals surface area contributed by atoms with Gasteiger partial charge in [0.2, 0.25) is 0 Å². The molecule has 4 rings (SSSR count). The van der Waals surface area contributed by atoms with Gasteiger partial charge in [0.15, 0.2) is 6.10 Å². The molecule has 5 nitrogen and oxygen atoms in total. The van der Waals surface area contributed by atoms with E-state index in [9.17, 15) is 4.79 Å². The van der Waals surface area contributed by atoms with E-state index in [1.807, 2.05) is 4.57 Å². The molecule has 1 saturated carbocycles. The van der Waals surface area contributed by atoms with Crippen LogP contribution in [-0.4, -0.2) is 22.3 Å². The van der Waals surface area contributed by atoms with Crippen molar-refractivity contribution in [1.29, 1.82) is 0 Å². The Bertz CT molecular complexity index is 809. The van der Waals surface area contributed by atoms with E-state index < -0.39 is 0 Å². The largest absolute Gasteiger partial charge is 0.490 e. The lowest BCUT2D eigenvalue weighted by Gasteiger charge is -2.24. The summed E-state index contributed by atoms with van der Waals surface area (Å²) in [6.07, 6.45) is 8.28. The van der Waals surface area contributed by atoms with E-state index in [1.165, 1.54) is 49.3 Å². The summed E-state index contributed by atoms with van der Waals surface area (Å²) in [5, 5.41) is 0. The summed E-state index contributed by atoms with van der Waals surface area (Å²) in [5.74, 6) is 1.58. The van der Waals surface area contributed by atoms with Crippen molar-refractivity contribution in [3.8, 4) is 11.8 Å². The topological polar surface area (TPSA) is 53.4 Å². The van der Waals surface area contributed by atoms with Crippen molar-refractivity contribution in [2.24, 2.45) is 0 Å². The number of ether oxygens (including phenoxy) is 2. The van der Waals surface area contributed by atoms with Gasteiger partial charge in [0.1, 0.15) is 12.4 Å². The second-order valence-electron chi connectivity index (χ2n) is 7.10. The highest BCUT2D eigenvalue weighted by molar-refractivity contribution is 5.37. The Balaban J connectivity index is 1.37. The molecule has 0 N–H and O–H groups in total. The average Bonchev–Trinajstić information content (AvgIpc) is 3.03. The first kappa shape index (κ1) is 16.2. The molecule has 1 aromatic carbocycles. The fraction of sp³-hybridized carbons (Fsp3) is 0.500. The maximum atomic E-state index is 11.3. The molecule has 1 aromatic heterocycles. The van der Waals surface area contributed by atoms with Crippen LogP contribution in [0.15, 0.2) is 35.3 Å². The second-order valence-corrected chi connectivity index (χ2v) is 7.10. The minimum Gasteiger partial charge on any atom is -0.490 e. The van der Waals surface area contributed by atoms with Crippen molar-refractivity contribution in [3.63, 3.8) is 0 Å². The third-order valence-corrected chi connectivity index (χ3v) is 5.24. The fourth-order valence-electron chi connectivity index (χ4n) is 3.94. The van der Waals surface area contributed by atoms with E-state index in [0.717, 1.165) is 5.75 Å². The van der Waals surface area contributed by atoms with Crippen LogP contribution >= 0.6 is 0 Å². The Morgan fingerprint density at radius 1 is 1.24 bits per heavy atom. The van der Waals surface area contributed by atoms with Gasteiger partial charge in [-0.1, -0.05) is 25.3 Å². The first-order valence-electron chi connectivity index (χ1n) is 9.16. The fourth-order valence-corrected chi connectivity index (χ4v) is 3.94. The zero-order valence-electron chi connectivity index (χ0n) is 14.6. The van der Waals surface area contributed by atoms with Gasteiger partial charge < -0.3 is 9.47 Å². The zero-order valence-corrected chi connectivity index (χ0v) is 14.6. The van der Waals surface area contributed by atoms with Crippen molar-refractivity contribution in [2.75, 3.05) is 6.61 Å². The number of nitrogens with zero attached hydrogens (tertiary/aromatic N) is 2. The summed E-state index contributed by atoms with van der Waals surface area (Å²) >= 11 is 0. The lowest BCUT2D eigenvalue weighted by Crippen LogP contribution is -2.23. The Kier molecular flexibility index (Phi) is 4.47. The summed E-state index contributed by atoms with van der Waals surface area (Å²) in [7, 11) is 0. The van der Waals surface area contributed by atoms with Crippen LogP contribution in [0.25, 0.3) is 0 Å². The third kappa shape index (κ3) is 3.55. The molecule has 0 saturated heterocycles. The highest BCUT2D eigenvalue weighted by atomic mass is 16.6. The van der Waals surface area contributed by atoms with Crippen molar-refractivity contribution in [2.45, 2.75) is 57.6 Å². The zero-order chi connectivity index (χ0) is 17.2. The quantitative estimate of drug-likeness (QED) is 0.855. The first-order chi connectivity index (χ1) is 12.2. The predicted molar refractivity (Wildman–Crippen MR) is 95.4 cm³/mol. The number of hydrogen-bond acceptors (Lipinski definition) is 4. The van der Waals surface area contributed by atoms with Gasteiger partial charge in [-0.3, -0.25) is 9.36 Å². The van der Waals surface area contributed by atoms with E-state index in [2.05, 4.69) is 30.1 Å². The number of rotatable bonds is 4. The summed E-state index contributed by atoms with van der Waals surface area (Å²) in [4.78, 5) is 15.1. The van der Waals surface area contributed by atoms with E-state index in [1.54, 1.807) is 6.20 Å². The standard InChI is InChI=1S/C20H24N2O3/c1-14-11-16(7-8-18(14)15-5-3-2-4-6-15)24-13-17-12-22-10-9-19(23)21-20(22)25-17/h7-11,15,17H,2-6,12-13H2,1H3/t17-/m0/s1. The molecule has 25 heavy (non-hydrogen) atoms. The molecule has 2 aliphatic rings. The molecule has 1 aliphatic carbocycles. The number of aryl methyl sites for hydroxylation is 1. The Morgan fingerprint density at radius 2 is 2.08 bits per heavy atom. The van der Waals surface area contributed by atoms with Crippen LogP contribution in [0.4, 0.5) is 0 Å². The molecule has 1 aliphatic heterocycles. The van der Waals surface area contributed by atoms with Gasteiger partial charge in [-0.15, -0.1) is 0 Å². The molecule has 5 heteroatoms. The molecule has 1 fully saturated rings. The van der Waals surface area contributed by atoms with Crippen molar-refractivity contribution < 1.29 is 9.47 Å². The summed E-state index contributed by atoms with van der Waals surface area (Å²) in [6, 6.07) is 8.26. The minimum atomic E-state index is -0.276. The number of hydrogen-bond donors (Lipinski definition) is 0. The molecular formula is C20H24N2O3. The average molecular weight is 340 g/mol. The highest BCUT2D eigenvalue weighted by Gasteiger charge is 2.24. The molecule has 2 aromatic rings. The molecular weight excluding hydrogens is 316 g/mol. The van der Waals surface area contributed by atoms with Crippen molar-refractivity contribution in [3.05, 3.63) is 51.9 Å². The maximum Gasteiger partial charge on any atom is 0.300 e. The molecule has 1 atom stereocenters. The van der Waals surface area contributed by atoms with Crippen LogP contribution in [0.5, 0.6) is 11.8 Å². The maximum absolute atomic E-state index is 11.3. The smallest absolute Gasteiger partial charge is 0.300 e. The summed E-state index contributed by atoms with van der Waals surface area (Å²) in [5.41, 5.74) is 2.51. The summed E-state index contributed by atoms with van der Waals surface area (Å²) in [6.45, 7) is 3.27. The van der Waals surface area contributed by atoms with Crippen molar-refractivity contribution in [1.82, 2.24) is 9.55 Å². The van der Waals surface area contributed by atoms with Crippen LogP contribution in [0.2, 0.25) is 0 Å². The lowest BCUT2D eigenvalue weighted by atomic mass is 9.82. The van der Waals surface area contributed by atoms with E-state index >= 15 is 0 Å². The Labute approximate surface area is 147 Å². The van der Waals surface area contributed by atoms with Crippen molar-refractivity contribution >= 4 is 0 Å². The lowest BCUT2D eigenvalue weighted by molar-refractivity contribution is 0.143. The number of fused-ring (bicyclic) bond motifs is 1. The minimum absolute atomic E-state index is 0.118. The first-order valence-corrected chi connectivity index (χ1v) is 9.16. The molecule has 0 amide bonds. The van der Waals surface area contributed by atoms with Crippen LogP contribution in [0.3, 0.4) is 0 Å². The molecule has 2 heterocycles. The van der Waals surface area contributed by atoms with Gasteiger partial charge in [-0.2, -0.15) is 4.98 Å². The molecule has 132 valence electrons. The SMILES string of the molecule is Cc1cc(OC[C@@H]2Cn3ccc(=O)nc3O2)ccc1C1CCCCC1. The summed E-state index contributed by atoms with van der Waals surface area (Å²) < 4.78 is 13.5. The normalized spacial score (nSPS) is 20.1. The van der Waals surface area contributed by atoms with Gasteiger partial charge in [-0.05, 0) is 48.9 Å². The van der Waals surface area contributed by atoms with E-state index in [4.69, 9.17) is 9.47 Å². The number of benzene rings is 1. The van der Waals surface area contributed by atoms with Gasteiger partial charge in [0.25, 0.3) is 11.6 Å². The molecule has 0 spiro atoms. The van der Waals surface area contributed by atoms with Gasteiger partial charge in [0, 0.05) is 12.3 Å². The Hall–Kier alpha value is -2.30. The molecule has 0 bridgehead atoms. The van der Waals surface area contributed by atoms with E-state index in [-0.39, 0.29) is 11.7 Å². The second kappa shape index (κ2) is 6.90. The van der Waals surface area contributed by atoms with Gasteiger partial charge >= 0.3 is 0 Å². The van der Waals surface area contributed by atoms with Crippen LogP contribution in [0.1, 0.15) is 49.1 Å². The van der Waals surface area contributed by atoms with Crippen LogP contribution in [0, 0.1) is 6.92 Å². The van der Waals surface area contributed by atoms with E-state index in [0.29, 0.717) is 25.1 Å². The predicted octanol–water partition coefficient (Wildman–Crippen LogP) is 3.44. The van der Waals surface area contributed by atoms with Crippen LogP contribution in [-0.2, 0) is 6.54 Å². The van der Waals surface area contributed by atoms with Gasteiger partial charge in [0.05, 0.1) is 6.54 Å².